The molecule has 1 unspecified atom stereocenters. The van der Waals surface area contributed by atoms with Gasteiger partial charge in [0.05, 0.1) is 12.6 Å². The molecule has 1 aliphatic heterocycles. The molecular weight excluding hydrogens is 242 g/mol. The summed E-state index contributed by atoms with van der Waals surface area (Å²) in [6, 6.07) is -1.45. The van der Waals surface area contributed by atoms with Gasteiger partial charge in [-0.1, -0.05) is 0 Å². The molecule has 0 amide bonds. The lowest BCUT2D eigenvalue weighted by Gasteiger charge is -2.44. The molecule has 0 aromatic heterocycles. The molecule has 16 heavy (non-hydrogen) atoms. The lowest BCUT2D eigenvalue weighted by molar-refractivity contribution is -0.296. The van der Waals surface area contributed by atoms with Gasteiger partial charge in [-0.2, -0.15) is 0 Å². The van der Waals surface area contributed by atoms with Crippen LogP contribution in [0.5, 0.6) is 0 Å². The van der Waals surface area contributed by atoms with E-state index in [9.17, 15) is 20.1 Å². The van der Waals surface area contributed by atoms with Crippen molar-refractivity contribution in [1.82, 2.24) is 0 Å². The molecule has 0 aliphatic carbocycles. The number of aliphatic hydroxyl groups is 4. The second-order valence-corrected chi connectivity index (χ2v) is 3.60. The molecule has 1 fully saturated rings. The molecular formula is C8H16ClNO6. The van der Waals surface area contributed by atoms with Crippen LogP contribution in [0.1, 0.15) is 6.92 Å². The van der Waals surface area contributed by atoms with Crippen molar-refractivity contribution >= 4 is 18.2 Å². The Bertz CT molecular complexity index is 263. The van der Waals surface area contributed by atoms with Crippen molar-refractivity contribution < 1.29 is 30.0 Å². The highest BCUT2D eigenvalue weighted by Crippen LogP contribution is 2.27. The molecule has 5 atom stereocenters. The van der Waals surface area contributed by atoms with Gasteiger partial charge in [-0.05, 0) is 0 Å². The van der Waals surface area contributed by atoms with E-state index < -0.39 is 42.5 Å². The fraction of sp³-hybridized carbons (Fsp3) is 0.875. The molecule has 0 radical (unpaired) electrons. The fourth-order valence-corrected chi connectivity index (χ4v) is 1.51. The Hall–Kier alpha value is -0.280. The first-order valence-corrected chi connectivity index (χ1v) is 4.48. The van der Waals surface area contributed by atoms with E-state index >= 15 is 0 Å². The Balaban J connectivity index is 0.00000225. The zero-order chi connectivity index (χ0) is 11.8. The molecule has 0 aromatic rings. The van der Waals surface area contributed by atoms with E-state index in [2.05, 4.69) is 0 Å². The largest absolute Gasteiger partial charge is 0.394 e. The summed E-state index contributed by atoms with van der Waals surface area (Å²) < 4.78 is 4.80. The monoisotopic (exact) mass is 257 g/mol. The number of ketones is 1. The first-order chi connectivity index (χ1) is 6.84. The molecule has 1 heterocycles. The van der Waals surface area contributed by atoms with E-state index in [4.69, 9.17) is 15.6 Å². The molecule has 1 rings (SSSR count). The maximum Gasteiger partial charge on any atom is 0.244 e. The molecule has 0 bridgehead atoms. The maximum absolute atomic E-state index is 11.1. The summed E-state index contributed by atoms with van der Waals surface area (Å²) >= 11 is 0. The first kappa shape index (κ1) is 15.7. The highest BCUT2D eigenvalue weighted by atomic mass is 35.5. The number of halogens is 1. The molecule has 7 nitrogen and oxygen atoms in total. The zero-order valence-corrected chi connectivity index (χ0v) is 9.42. The van der Waals surface area contributed by atoms with Crippen molar-refractivity contribution in [2.24, 2.45) is 5.73 Å². The summed E-state index contributed by atoms with van der Waals surface area (Å²) in [6.07, 6.45) is -4.22. The number of Topliss-reactive ketones (excluding diaryl/α,β-unsaturated/α-hetero) is 1. The fourth-order valence-electron chi connectivity index (χ4n) is 1.51. The van der Waals surface area contributed by atoms with Crippen LogP contribution in [0.25, 0.3) is 0 Å². The van der Waals surface area contributed by atoms with Crippen molar-refractivity contribution in [1.29, 1.82) is 0 Å². The second kappa shape index (κ2) is 5.37. The molecule has 0 spiro atoms. The van der Waals surface area contributed by atoms with Gasteiger partial charge in [0.25, 0.3) is 0 Å². The standard InChI is InChI=1S/C8H15NO6.ClH/c1-3(11)8(14)7(9)6(13)5(12)4(2-10)15-8;/h4-7,10,12-14H,2,9H2,1H3;1H/t4-,5+,6+,7-,8?;/m1./s1. The molecule has 0 saturated carbocycles. The number of hydrogen-bond acceptors (Lipinski definition) is 7. The summed E-state index contributed by atoms with van der Waals surface area (Å²) in [7, 11) is 0. The highest BCUT2D eigenvalue weighted by molar-refractivity contribution is 5.85. The van der Waals surface area contributed by atoms with E-state index in [1.807, 2.05) is 0 Å². The summed E-state index contributed by atoms with van der Waals surface area (Å²) in [4.78, 5) is 11.1. The van der Waals surface area contributed by atoms with Crippen molar-refractivity contribution in [3.63, 3.8) is 0 Å². The third-order valence-electron chi connectivity index (χ3n) is 2.57. The molecule has 6 N–H and O–H groups in total. The SMILES string of the molecule is CC(=O)C1(O)O[C@H](CO)[C@H](O)[C@H](O)[C@H]1N.Cl. The van der Waals surface area contributed by atoms with E-state index in [0.717, 1.165) is 6.92 Å². The maximum atomic E-state index is 11.1. The first-order valence-electron chi connectivity index (χ1n) is 4.48. The summed E-state index contributed by atoms with van der Waals surface area (Å²) in [5.41, 5.74) is 5.38. The van der Waals surface area contributed by atoms with Crippen LogP contribution in [-0.4, -0.2) is 63.0 Å². The third-order valence-corrected chi connectivity index (χ3v) is 2.57. The topological polar surface area (TPSA) is 133 Å². The van der Waals surface area contributed by atoms with Crippen LogP contribution in [0.2, 0.25) is 0 Å². The van der Waals surface area contributed by atoms with Crippen molar-refractivity contribution in [2.45, 2.75) is 37.1 Å². The smallest absolute Gasteiger partial charge is 0.244 e. The quantitative estimate of drug-likeness (QED) is 0.359. The van der Waals surface area contributed by atoms with Crippen LogP contribution >= 0.6 is 12.4 Å². The van der Waals surface area contributed by atoms with Crippen molar-refractivity contribution in [2.75, 3.05) is 6.61 Å². The van der Waals surface area contributed by atoms with Crippen molar-refractivity contribution in [3.05, 3.63) is 0 Å². The Morgan fingerprint density at radius 2 is 1.94 bits per heavy atom. The van der Waals surface area contributed by atoms with Gasteiger partial charge in [-0.3, -0.25) is 4.79 Å². The van der Waals surface area contributed by atoms with Crippen LogP contribution in [0.3, 0.4) is 0 Å². The Morgan fingerprint density at radius 3 is 2.31 bits per heavy atom. The van der Waals surface area contributed by atoms with Gasteiger partial charge < -0.3 is 30.9 Å². The summed E-state index contributed by atoms with van der Waals surface area (Å²) in [5.74, 6) is -3.16. The van der Waals surface area contributed by atoms with Gasteiger partial charge in [-0.25, -0.2) is 0 Å². The third kappa shape index (κ3) is 2.35. The number of rotatable bonds is 2. The van der Waals surface area contributed by atoms with E-state index in [-0.39, 0.29) is 12.4 Å². The number of ether oxygens (including phenoxy) is 1. The van der Waals surface area contributed by atoms with E-state index in [1.54, 1.807) is 0 Å². The van der Waals surface area contributed by atoms with Crippen LogP contribution in [0.4, 0.5) is 0 Å². The van der Waals surface area contributed by atoms with Gasteiger partial charge in [0, 0.05) is 6.92 Å². The van der Waals surface area contributed by atoms with Crippen LogP contribution in [0, 0.1) is 0 Å². The second-order valence-electron chi connectivity index (χ2n) is 3.60. The Kier molecular flexibility index (Phi) is 5.27. The Labute approximate surface area is 98.2 Å². The molecule has 8 heteroatoms. The molecule has 1 saturated heterocycles. The minimum atomic E-state index is -2.37. The number of carbonyl (C=O) groups excluding carboxylic acids is 1. The summed E-state index contributed by atoms with van der Waals surface area (Å²) in [6.45, 7) is 0.402. The lowest BCUT2D eigenvalue weighted by atomic mass is 9.89. The molecule has 1 aliphatic rings. The average molecular weight is 258 g/mol. The van der Waals surface area contributed by atoms with Crippen LogP contribution < -0.4 is 5.73 Å². The van der Waals surface area contributed by atoms with Gasteiger partial charge in [0.15, 0.2) is 5.78 Å². The van der Waals surface area contributed by atoms with Crippen LogP contribution in [-0.2, 0) is 9.53 Å². The predicted molar refractivity (Wildman–Crippen MR) is 54.8 cm³/mol. The Morgan fingerprint density at radius 1 is 1.44 bits per heavy atom. The van der Waals surface area contributed by atoms with Gasteiger partial charge in [0.2, 0.25) is 5.79 Å². The lowest BCUT2D eigenvalue weighted by Crippen LogP contribution is -2.70. The van der Waals surface area contributed by atoms with Crippen molar-refractivity contribution in [3.8, 4) is 0 Å². The molecule has 96 valence electrons. The van der Waals surface area contributed by atoms with Gasteiger partial charge >= 0.3 is 0 Å². The highest BCUT2D eigenvalue weighted by Gasteiger charge is 2.54. The van der Waals surface area contributed by atoms with Crippen LogP contribution in [0.15, 0.2) is 0 Å². The van der Waals surface area contributed by atoms with E-state index in [0.29, 0.717) is 0 Å². The molecule has 0 aromatic carbocycles. The number of hydrogen-bond donors (Lipinski definition) is 5. The van der Waals surface area contributed by atoms with E-state index in [1.165, 1.54) is 0 Å². The summed E-state index contributed by atoms with van der Waals surface area (Å²) in [5, 5.41) is 37.4. The average Bonchev–Trinajstić information content (AvgIpc) is 2.20. The zero-order valence-electron chi connectivity index (χ0n) is 8.61. The number of aliphatic hydroxyl groups excluding tert-OH is 3. The number of carbonyl (C=O) groups is 1. The van der Waals surface area contributed by atoms with Gasteiger partial charge in [-0.15, -0.1) is 12.4 Å². The predicted octanol–water partition coefficient (Wildman–Crippen LogP) is -2.87. The normalized spacial score (nSPS) is 43.6. The minimum absolute atomic E-state index is 0. The number of nitrogens with two attached hydrogens (primary N) is 1. The van der Waals surface area contributed by atoms with Gasteiger partial charge in [0.1, 0.15) is 18.3 Å². The minimum Gasteiger partial charge on any atom is -0.394 e.